The van der Waals surface area contributed by atoms with Crippen molar-refractivity contribution >= 4 is 47.2 Å². The van der Waals surface area contributed by atoms with Crippen molar-refractivity contribution in [2.45, 2.75) is 44.4 Å². The second kappa shape index (κ2) is 11.4. The Hall–Kier alpha value is -3.25. The Bertz CT molecular complexity index is 1580. The van der Waals surface area contributed by atoms with E-state index in [1.54, 1.807) is 13.3 Å². The Morgan fingerprint density at radius 3 is 2.52 bits per heavy atom. The summed E-state index contributed by atoms with van der Waals surface area (Å²) >= 11 is 6.40. The molecule has 2 fully saturated rings. The number of rotatable bonds is 8. The van der Waals surface area contributed by atoms with Gasteiger partial charge in [-0.2, -0.15) is 13.8 Å². The smallest absolute Gasteiger partial charge is 0.387 e. The van der Waals surface area contributed by atoms with Gasteiger partial charge in [0.15, 0.2) is 5.82 Å². The number of anilines is 4. The van der Waals surface area contributed by atoms with Gasteiger partial charge in [0.1, 0.15) is 17.9 Å². The van der Waals surface area contributed by atoms with E-state index in [1.807, 2.05) is 6.07 Å². The van der Waals surface area contributed by atoms with E-state index in [1.165, 1.54) is 35.5 Å². The number of ether oxygens (including phenoxy) is 1. The van der Waals surface area contributed by atoms with E-state index in [-0.39, 0.29) is 22.6 Å². The van der Waals surface area contributed by atoms with Crippen molar-refractivity contribution < 1.29 is 18.1 Å². The highest BCUT2D eigenvalue weighted by molar-refractivity contribution is 7.70. The minimum atomic E-state index is -2.99. The molecule has 0 bridgehead atoms. The lowest BCUT2D eigenvalue weighted by atomic mass is 10.0. The molecule has 3 aromatic rings. The number of fused-ring (bicyclic) bond motifs is 2. The molecule has 12 heteroatoms. The van der Waals surface area contributed by atoms with E-state index in [4.69, 9.17) is 18.2 Å². The Kier molecular flexibility index (Phi) is 7.86. The first kappa shape index (κ1) is 28.9. The van der Waals surface area contributed by atoms with Gasteiger partial charge in [-0.25, -0.2) is 11.6 Å². The Balaban J connectivity index is 1.15. The number of nitrogens with one attached hydrogen (secondary N) is 2. The fraction of sp³-hybridized carbons (Fsp3) is 0.433. The van der Waals surface area contributed by atoms with Crippen LogP contribution >= 0.6 is 18.7 Å². The number of likely N-dealkylation sites (tertiary alicyclic amines) is 1. The maximum absolute atomic E-state index is 13.0. The van der Waals surface area contributed by atoms with E-state index < -0.39 is 13.8 Å². The molecule has 1 saturated heterocycles. The third-order valence-corrected chi connectivity index (χ3v) is 10.4. The highest BCUT2D eigenvalue weighted by Gasteiger charge is 2.62. The van der Waals surface area contributed by atoms with E-state index in [0.717, 1.165) is 44.5 Å². The summed E-state index contributed by atoms with van der Waals surface area (Å²) in [6.07, 6.45) is 5.73. The number of halogens is 3. The quantitative estimate of drug-likeness (QED) is 0.169. The van der Waals surface area contributed by atoms with Gasteiger partial charge < -0.3 is 24.8 Å². The monoisotopic (exact) mass is 612 g/mol. The maximum atomic E-state index is 13.0. The van der Waals surface area contributed by atoms with Gasteiger partial charge in [0.05, 0.1) is 23.7 Å². The summed E-state index contributed by atoms with van der Waals surface area (Å²) in [5.41, 5.74) is 3.97. The SMILES string of the molecule is [C-]#[N+]C1C2CN([C@H]3CCc4ccc(Nc5ncc(Cl)c(Nc6ccc(OC(F)F)cc6P(C)(C)=O)n5)cc4CC3)CC21. The van der Waals surface area contributed by atoms with Crippen LogP contribution in [-0.2, 0) is 17.4 Å². The van der Waals surface area contributed by atoms with Gasteiger partial charge in [-0.3, -0.25) is 4.90 Å². The highest BCUT2D eigenvalue weighted by atomic mass is 35.5. The second-order valence-corrected chi connectivity index (χ2v) is 15.3. The number of hydrogen-bond donors (Lipinski definition) is 2. The van der Waals surface area contributed by atoms with E-state index in [0.29, 0.717) is 34.8 Å². The number of alkyl halides is 2. The molecule has 0 radical (unpaired) electrons. The largest absolute Gasteiger partial charge is 0.435 e. The van der Waals surface area contributed by atoms with Crippen LogP contribution in [0.3, 0.4) is 0 Å². The van der Waals surface area contributed by atoms with Crippen LogP contribution in [0.15, 0.2) is 42.6 Å². The molecule has 6 rings (SSSR count). The lowest BCUT2D eigenvalue weighted by Crippen LogP contribution is -2.36. The lowest BCUT2D eigenvalue weighted by Gasteiger charge is -2.27. The summed E-state index contributed by atoms with van der Waals surface area (Å²) in [6, 6.07) is 11.4. The van der Waals surface area contributed by atoms with Crippen LogP contribution in [0.2, 0.25) is 5.02 Å². The zero-order chi connectivity index (χ0) is 29.6. The van der Waals surface area contributed by atoms with E-state index in [9.17, 15) is 13.3 Å². The third-order valence-electron chi connectivity index (χ3n) is 8.57. The molecule has 42 heavy (non-hydrogen) atoms. The molecule has 2 aliphatic carbocycles. The van der Waals surface area contributed by atoms with Crippen molar-refractivity contribution in [3.8, 4) is 5.75 Å². The van der Waals surface area contributed by atoms with Crippen molar-refractivity contribution in [2.75, 3.05) is 37.1 Å². The van der Waals surface area contributed by atoms with E-state index in [2.05, 4.69) is 47.2 Å². The zero-order valence-corrected chi connectivity index (χ0v) is 25.0. The fourth-order valence-electron chi connectivity index (χ4n) is 6.36. The molecule has 3 aliphatic rings. The predicted molar refractivity (Wildman–Crippen MR) is 162 cm³/mol. The van der Waals surface area contributed by atoms with Crippen LogP contribution in [-0.4, -0.2) is 60.0 Å². The topological polar surface area (TPSA) is 83.7 Å². The summed E-state index contributed by atoms with van der Waals surface area (Å²) in [6.45, 7) is 9.57. The number of aromatic nitrogens is 2. The van der Waals surface area contributed by atoms with Crippen LogP contribution in [0.25, 0.3) is 4.85 Å². The molecule has 1 aliphatic heterocycles. The van der Waals surface area contributed by atoms with Crippen LogP contribution in [0.5, 0.6) is 5.75 Å². The normalized spacial score (nSPS) is 23.5. The van der Waals surface area contributed by atoms with Crippen molar-refractivity contribution in [2.24, 2.45) is 11.8 Å². The molecule has 2 N–H and O–H groups in total. The first-order chi connectivity index (χ1) is 20.1. The molecule has 0 amide bonds. The van der Waals surface area contributed by atoms with Gasteiger partial charge in [0, 0.05) is 30.1 Å². The number of nitrogens with zero attached hydrogens (tertiary/aromatic N) is 4. The summed E-state index contributed by atoms with van der Waals surface area (Å²) in [7, 11) is -2.88. The summed E-state index contributed by atoms with van der Waals surface area (Å²) < 4.78 is 43.0. The van der Waals surface area contributed by atoms with Crippen LogP contribution in [0, 0.1) is 18.4 Å². The number of aryl methyl sites for hydroxylation is 2. The standard InChI is InChI=1S/C30H32ClF2N6O2P/c1-34-27-22-15-39(16-23(22)27)20-8-5-17-4-7-19(12-18(17)6-9-20)36-30-35-14-24(31)28(38-30)37-25-11-10-21(41-29(32)33)13-26(25)42(2,3)40/h4,7,10-14,20,22-23,27,29H,5-6,8-9,15-16H2,2-3H3,(H2,35,36,37,38)/t20-,22?,23?,27?/m0/s1. The summed E-state index contributed by atoms with van der Waals surface area (Å²) in [4.78, 5) is 15.3. The van der Waals surface area contributed by atoms with Crippen LogP contribution in [0.1, 0.15) is 24.0 Å². The molecule has 1 aromatic heterocycles. The number of hydrogen-bond acceptors (Lipinski definition) is 7. The molecular formula is C30H32ClF2N6O2P. The Labute approximate surface area is 249 Å². The van der Waals surface area contributed by atoms with Gasteiger partial charge in [-0.1, -0.05) is 17.7 Å². The predicted octanol–water partition coefficient (Wildman–Crippen LogP) is 6.56. The molecule has 2 aromatic carbocycles. The van der Waals surface area contributed by atoms with Crippen LogP contribution < -0.4 is 20.7 Å². The van der Waals surface area contributed by atoms with Crippen LogP contribution in [0.4, 0.5) is 31.9 Å². The Morgan fingerprint density at radius 1 is 1.10 bits per heavy atom. The Morgan fingerprint density at radius 2 is 1.83 bits per heavy atom. The van der Waals surface area contributed by atoms with Gasteiger partial charge in [-0.15, -0.1) is 0 Å². The average Bonchev–Trinajstić information content (AvgIpc) is 3.50. The van der Waals surface area contributed by atoms with Gasteiger partial charge in [-0.05, 0) is 80.5 Å². The first-order valence-corrected chi connectivity index (χ1v) is 17.0. The first-order valence-electron chi connectivity index (χ1n) is 14.0. The molecule has 1 saturated carbocycles. The number of piperidine rings is 1. The summed E-state index contributed by atoms with van der Waals surface area (Å²) in [5, 5.41) is 6.96. The molecule has 0 spiro atoms. The zero-order valence-electron chi connectivity index (χ0n) is 23.4. The van der Waals surface area contributed by atoms with Gasteiger partial charge >= 0.3 is 6.61 Å². The average molecular weight is 613 g/mol. The van der Waals surface area contributed by atoms with Crippen molar-refractivity contribution in [1.82, 2.24) is 14.9 Å². The molecule has 3 atom stereocenters. The summed E-state index contributed by atoms with van der Waals surface area (Å²) in [5.74, 6) is 1.71. The molecule has 8 nitrogen and oxygen atoms in total. The third kappa shape index (κ3) is 6.10. The maximum Gasteiger partial charge on any atom is 0.387 e. The molecular weight excluding hydrogens is 581 g/mol. The second-order valence-electron chi connectivity index (χ2n) is 11.7. The molecule has 220 valence electrons. The molecule has 2 heterocycles. The fourth-order valence-corrected chi connectivity index (χ4v) is 7.65. The van der Waals surface area contributed by atoms with Gasteiger partial charge in [0.2, 0.25) is 12.0 Å². The van der Waals surface area contributed by atoms with Gasteiger partial charge in [0.25, 0.3) is 0 Å². The lowest BCUT2D eigenvalue weighted by molar-refractivity contribution is -0.0497. The molecule has 2 unspecified atom stereocenters. The number of benzene rings is 2. The minimum absolute atomic E-state index is 0.0779. The van der Waals surface area contributed by atoms with Crippen molar-refractivity contribution in [3.05, 3.63) is 70.2 Å². The van der Waals surface area contributed by atoms with Crippen molar-refractivity contribution in [1.29, 1.82) is 0 Å². The highest BCUT2D eigenvalue weighted by Crippen LogP contribution is 2.49. The van der Waals surface area contributed by atoms with E-state index >= 15 is 0 Å². The van der Waals surface area contributed by atoms with Crippen molar-refractivity contribution in [3.63, 3.8) is 0 Å². The minimum Gasteiger partial charge on any atom is -0.435 e.